The van der Waals surface area contributed by atoms with Crippen LogP contribution in [0.15, 0.2) is 29.3 Å². The van der Waals surface area contributed by atoms with E-state index in [0.29, 0.717) is 25.7 Å². The molecule has 0 aromatic heterocycles. The lowest BCUT2D eigenvalue weighted by Crippen LogP contribution is -2.42. The number of guanidine groups is 1. The monoisotopic (exact) mass is 436 g/mol. The number of hydrogen-bond donors (Lipinski definition) is 2. The molecular weight excluding hydrogens is 399 g/mol. The molecule has 0 bridgehead atoms. The fraction of sp³-hybridized carbons (Fsp3) is 0.696. The second-order valence-corrected chi connectivity index (χ2v) is 8.02. The van der Waals surface area contributed by atoms with E-state index in [4.69, 9.17) is 19.2 Å². The Kier molecular flexibility index (Phi) is 10.5. The van der Waals surface area contributed by atoms with Crippen LogP contribution in [-0.4, -0.2) is 83.2 Å². The molecule has 2 aliphatic heterocycles. The van der Waals surface area contributed by atoms with E-state index in [-0.39, 0.29) is 11.9 Å². The summed E-state index contributed by atoms with van der Waals surface area (Å²) < 4.78 is 30.1. The van der Waals surface area contributed by atoms with Gasteiger partial charge in [0.2, 0.25) is 0 Å². The first kappa shape index (κ1) is 23.9. The third kappa shape index (κ3) is 8.37. The number of aliphatic imine (C=N–C) groups is 1. The van der Waals surface area contributed by atoms with Gasteiger partial charge >= 0.3 is 0 Å². The van der Waals surface area contributed by atoms with Crippen molar-refractivity contribution >= 4 is 5.96 Å². The molecule has 2 fully saturated rings. The third-order valence-corrected chi connectivity index (χ3v) is 5.64. The third-order valence-electron chi connectivity index (χ3n) is 5.64. The van der Waals surface area contributed by atoms with Crippen LogP contribution < -0.4 is 10.6 Å². The lowest BCUT2D eigenvalue weighted by Gasteiger charge is -2.34. The topological polar surface area (TPSA) is 67.4 Å². The zero-order chi connectivity index (χ0) is 21.7. The van der Waals surface area contributed by atoms with E-state index in [1.807, 2.05) is 12.1 Å². The van der Waals surface area contributed by atoms with E-state index in [2.05, 4.69) is 22.5 Å². The van der Waals surface area contributed by atoms with Crippen LogP contribution in [0.2, 0.25) is 0 Å². The smallest absolute Gasteiger partial charge is 0.191 e. The Balaban J connectivity index is 1.49. The number of nitrogens with zero attached hydrogens (tertiary/aromatic N) is 2. The number of rotatable bonds is 11. The number of nitrogens with one attached hydrogen (secondary N) is 2. The van der Waals surface area contributed by atoms with Crippen molar-refractivity contribution in [2.75, 3.05) is 72.4 Å². The Bertz CT molecular complexity index is 647. The van der Waals surface area contributed by atoms with Crippen molar-refractivity contribution in [3.8, 4) is 0 Å². The molecule has 2 atom stereocenters. The second kappa shape index (κ2) is 13.6. The normalized spacial score (nSPS) is 21.2. The first-order chi connectivity index (χ1) is 15.3. The summed E-state index contributed by atoms with van der Waals surface area (Å²) in [6, 6.07) is 6.86. The number of hydrogen-bond acceptors (Lipinski definition) is 5. The average molecular weight is 437 g/mol. The average Bonchev–Trinajstić information content (AvgIpc) is 3.31. The standard InChI is InChI=1S/C23H37FN4O3/c1-2-25-23(26-9-3-12-30-17-19-8-13-31-18-19)27-16-22(28-10-14-29-15-11-28)20-4-6-21(24)7-5-20/h4-7,19,22H,2-3,8-18H2,1H3,(H2,25,26,27). The van der Waals surface area contributed by atoms with Crippen molar-refractivity contribution in [2.24, 2.45) is 10.9 Å². The van der Waals surface area contributed by atoms with Crippen LogP contribution in [0, 0.1) is 11.7 Å². The summed E-state index contributed by atoms with van der Waals surface area (Å²) in [6.07, 6.45) is 2.02. The van der Waals surface area contributed by atoms with E-state index >= 15 is 0 Å². The van der Waals surface area contributed by atoms with Crippen LogP contribution in [0.25, 0.3) is 0 Å². The fourth-order valence-electron chi connectivity index (χ4n) is 3.87. The summed E-state index contributed by atoms with van der Waals surface area (Å²) in [4.78, 5) is 7.19. The van der Waals surface area contributed by atoms with E-state index in [0.717, 1.165) is 77.0 Å². The van der Waals surface area contributed by atoms with Gasteiger partial charge in [-0.15, -0.1) is 0 Å². The highest BCUT2D eigenvalue weighted by Crippen LogP contribution is 2.22. The number of morpholine rings is 1. The largest absolute Gasteiger partial charge is 0.381 e. The van der Waals surface area contributed by atoms with Gasteiger partial charge in [-0.2, -0.15) is 0 Å². The summed E-state index contributed by atoms with van der Waals surface area (Å²) in [6.45, 7) is 10.6. The molecule has 2 heterocycles. The van der Waals surface area contributed by atoms with E-state index in [9.17, 15) is 4.39 Å². The number of halogens is 1. The zero-order valence-corrected chi connectivity index (χ0v) is 18.7. The molecule has 0 amide bonds. The van der Waals surface area contributed by atoms with Gasteiger partial charge < -0.3 is 24.8 Å². The van der Waals surface area contributed by atoms with Gasteiger partial charge in [-0.1, -0.05) is 12.1 Å². The summed E-state index contributed by atoms with van der Waals surface area (Å²) in [5.41, 5.74) is 1.08. The molecule has 1 aromatic rings. The molecule has 2 unspecified atom stereocenters. The molecular formula is C23H37FN4O3. The van der Waals surface area contributed by atoms with E-state index in [1.165, 1.54) is 12.1 Å². The van der Waals surface area contributed by atoms with Crippen LogP contribution in [0.5, 0.6) is 0 Å². The van der Waals surface area contributed by atoms with Crippen molar-refractivity contribution in [1.29, 1.82) is 0 Å². The van der Waals surface area contributed by atoms with E-state index in [1.54, 1.807) is 0 Å². The maximum Gasteiger partial charge on any atom is 0.191 e. The minimum Gasteiger partial charge on any atom is -0.381 e. The Morgan fingerprint density at radius 1 is 1.19 bits per heavy atom. The van der Waals surface area contributed by atoms with Crippen LogP contribution in [-0.2, 0) is 14.2 Å². The number of ether oxygens (including phenoxy) is 3. The van der Waals surface area contributed by atoms with Gasteiger partial charge in [0.1, 0.15) is 5.82 Å². The molecule has 2 N–H and O–H groups in total. The molecule has 7 nitrogen and oxygen atoms in total. The molecule has 31 heavy (non-hydrogen) atoms. The summed E-state index contributed by atoms with van der Waals surface area (Å²) >= 11 is 0. The molecule has 8 heteroatoms. The van der Waals surface area contributed by atoms with Crippen molar-refractivity contribution < 1.29 is 18.6 Å². The van der Waals surface area contributed by atoms with E-state index < -0.39 is 0 Å². The van der Waals surface area contributed by atoms with Gasteiger partial charge in [0.05, 0.1) is 39.0 Å². The number of benzene rings is 1. The van der Waals surface area contributed by atoms with Crippen molar-refractivity contribution in [3.63, 3.8) is 0 Å². The van der Waals surface area contributed by atoms with Crippen molar-refractivity contribution in [3.05, 3.63) is 35.6 Å². The quantitative estimate of drug-likeness (QED) is 0.315. The Morgan fingerprint density at radius 3 is 2.71 bits per heavy atom. The summed E-state index contributed by atoms with van der Waals surface area (Å²) in [5.74, 6) is 1.13. The Hall–Kier alpha value is -1.74. The zero-order valence-electron chi connectivity index (χ0n) is 18.7. The van der Waals surface area contributed by atoms with Crippen LogP contribution in [0.1, 0.15) is 31.4 Å². The van der Waals surface area contributed by atoms with Gasteiger partial charge in [0.25, 0.3) is 0 Å². The van der Waals surface area contributed by atoms with Gasteiger partial charge in [-0.3, -0.25) is 9.89 Å². The molecule has 1 aromatic carbocycles. The predicted octanol–water partition coefficient (Wildman–Crippen LogP) is 2.20. The second-order valence-electron chi connectivity index (χ2n) is 8.02. The first-order valence-corrected chi connectivity index (χ1v) is 11.5. The summed E-state index contributed by atoms with van der Waals surface area (Å²) in [5, 5.41) is 6.71. The lowest BCUT2D eigenvalue weighted by atomic mass is 10.0. The SMILES string of the molecule is CCNC(=NCC(c1ccc(F)cc1)N1CCOCC1)NCCCOCC1CCOC1. The fourth-order valence-corrected chi connectivity index (χ4v) is 3.87. The van der Waals surface area contributed by atoms with Gasteiger partial charge in [0.15, 0.2) is 5.96 Å². The van der Waals surface area contributed by atoms with Gasteiger partial charge in [-0.05, 0) is 37.5 Å². The van der Waals surface area contributed by atoms with Gasteiger partial charge in [-0.25, -0.2) is 4.39 Å². The van der Waals surface area contributed by atoms with Crippen molar-refractivity contribution in [2.45, 2.75) is 25.8 Å². The molecule has 174 valence electrons. The minimum absolute atomic E-state index is 0.0944. The van der Waals surface area contributed by atoms with Crippen LogP contribution in [0.4, 0.5) is 4.39 Å². The molecule has 0 aliphatic carbocycles. The minimum atomic E-state index is -0.217. The van der Waals surface area contributed by atoms with Crippen LogP contribution in [0.3, 0.4) is 0 Å². The molecule has 2 saturated heterocycles. The molecule has 3 rings (SSSR count). The molecule has 0 spiro atoms. The van der Waals surface area contributed by atoms with Gasteiger partial charge in [0, 0.05) is 45.3 Å². The Labute approximate surface area is 185 Å². The molecule has 0 radical (unpaired) electrons. The predicted molar refractivity (Wildman–Crippen MR) is 120 cm³/mol. The highest BCUT2D eigenvalue weighted by Gasteiger charge is 2.22. The highest BCUT2D eigenvalue weighted by atomic mass is 19.1. The van der Waals surface area contributed by atoms with Crippen molar-refractivity contribution in [1.82, 2.24) is 15.5 Å². The Morgan fingerprint density at radius 2 is 2.00 bits per heavy atom. The summed E-state index contributed by atoms with van der Waals surface area (Å²) in [7, 11) is 0. The first-order valence-electron chi connectivity index (χ1n) is 11.5. The highest BCUT2D eigenvalue weighted by molar-refractivity contribution is 5.79. The maximum absolute atomic E-state index is 13.4. The maximum atomic E-state index is 13.4. The molecule has 0 saturated carbocycles. The van der Waals surface area contributed by atoms with Crippen LogP contribution >= 0.6 is 0 Å². The molecule has 2 aliphatic rings. The lowest BCUT2D eigenvalue weighted by molar-refractivity contribution is 0.0179.